The molecule has 0 saturated heterocycles. The van der Waals surface area contributed by atoms with Crippen molar-refractivity contribution in [2.75, 3.05) is 7.11 Å². The van der Waals surface area contributed by atoms with E-state index < -0.39 is 6.61 Å². The fourth-order valence-electron chi connectivity index (χ4n) is 1.85. The molecule has 0 bridgehead atoms. The van der Waals surface area contributed by atoms with Gasteiger partial charge in [-0.15, -0.1) is 11.3 Å². The van der Waals surface area contributed by atoms with Gasteiger partial charge in [-0.25, -0.2) is 0 Å². The first-order chi connectivity index (χ1) is 11.1. The highest BCUT2D eigenvalue weighted by atomic mass is 32.1. The Balaban J connectivity index is 2.07. The summed E-state index contributed by atoms with van der Waals surface area (Å²) in [6.07, 6.45) is 2.67. The van der Waals surface area contributed by atoms with Gasteiger partial charge in [-0.1, -0.05) is 18.2 Å². The van der Waals surface area contributed by atoms with Gasteiger partial charge in [0, 0.05) is 16.5 Å². The molecule has 2 aromatic rings. The summed E-state index contributed by atoms with van der Waals surface area (Å²) in [5.41, 5.74) is 0.330. The summed E-state index contributed by atoms with van der Waals surface area (Å²) in [7, 11) is 1.36. The number of alkyl halides is 2. The van der Waals surface area contributed by atoms with Gasteiger partial charge in [0.2, 0.25) is 5.91 Å². The lowest BCUT2D eigenvalue weighted by Gasteiger charge is -2.12. The number of halogens is 2. The molecule has 0 unspecified atom stereocenters. The molecule has 1 aromatic carbocycles. The molecule has 1 aromatic heterocycles. The number of ether oxygens (including phenoxy) is 2. The second-order valence-electron chi connectivity index (χ2n) is 4.39. The van der Waals surface area contributed by atoms with Crippen LogP contribution < -0.4 is 14.8 Å². The zero-order chi connectivity index (χ0) is 16.7. The number of para-hydroxylation sites is 1. The Bertz CT molecular complexity index is 672. The van der Waals surface area contributed by atoms with E-state index in [0.717, 1.165) is 4.88 Å². The summed E-state index contributed by atoms with van der Waals surface area (Å²) in [6, 6.07) is 8.49. The van der Waals surface area contributed by atoms with Crippen LogP contribution in [0.3, 0.4) is 0 Å². The minimum Gasteiger partial charge on any atom is -0.493 e. The smallest absolute Gasteiger partial charge is 0.387 e. The lowest BCUT2D eigenvalue weighted by Crippen LogP contribution is -2.19. The van der Waals surface area contributed by atoms with Crippen LogP contribution in [-0.4, -0.2) is 19.6 Å². The van der Waals surface area contributed by atoms with Gasteiger partial charge >= 0.3 is 6.61 Å². The predicted molar refractivity (Wildman–Crippen MR) is 84.8 cm³/mol. The monoisotopic (exact) mass is 339 g/mol. The summed E-state index contributed by atoms with van der Waals surface area (Å²) in [6.45, 7) is -2.56. The van der Waals surface area contributed by atoms with Gasteiger partial charge in [0.05, 0.1) is 13.7 Å². The van der Waals surface area contributed by atoms with E-state index in [-0.39, 0.29) is 17.4 Å². The zero-order valence-electron chi connectivity index (χ0n) is 12.3. The Morgan fingerprint density at radius 3 is 2.83 bits per heavy atom. The van der Waals surface area contributed by atoms with Crippen molar-refractivity contribution in [3.8, 4) is 11.5 Å². The van der Waals surface area contributed by atoms with Gasteiger partial charge < -0.3 is 14.8 Å². The third-order valence-electron chi connectivity index (χ3n) is 2.87. The number of benzene rings is 1. The molecular weight excluding hydrogens is 324 g/mol. The minimum absolute atomic E-state index is 0.104. The molecule has 0 radical (unpaired) electrons. The van der Waals surface area contributed by atoms with E-state index in [9.17, 15) is 13.6 Å². The zero-order valence-corrected chi connectivity index (χ0v) is 13.1. The fraction of sp³-hybridized carbons (Fsp3) is 0.188. The van der Waals surface area contributed by atoms with E-state index >= 15 is 0 Å². The Kier molecular flexibility index (Phi) is 6.10. The summed E-state index contributed by atoms with van der Waals surface area (Å²) >= 11 is 1.53. The van der Waals surface area contributed by atoms with Crippen LogP contribution in [0.5, 0.6) is 11.5 Å². The van der Waals surface area contributed by atoms with Gasteiger partial charge in [0.1, 0.15) is 0 Å². The molecule has 23 heavy (non-hydrogen) atoms. The number of carbonyl (C=O) groups is 1. The van der Waals surface area contributed by atoms with Gasteiger partial charge in [-0.05, 0) is 23.6 Å². The highest BCUT2D eigenvalue weighted by molar-refractivity contribution is 7.09. The van der Waals surface area contributed by atoms with Gasteiger partial charge in [0.15, 0.2) is 11.5 Å². The number of rotatable bonds is 7. The Morgan fingerprint density at radius 1 is 1.35 bits per heavy atom. The molecule has 7 heteroatoms. The number of hydrogen-bond donors (Lipinski definition) is 1. The van der Waals surface area contributed by atoms with Crippen molar-refractivity contribution in [3.05, 3.63) is 52.2 Å². The van der Waals surface area contributed by atoms with Crippen molar-refractivity contribution in [2.24, 2.45) is 0 Å². The van der Waals surface area contributed by atoms with Crippen molar-refractivity contribution in [2.45, 2.75) is 13.2 Å². The SMILES string of the molecule is COc1cccc(/C=C/C(=O)NCc2cccs2)c1OC(F)F. The average Bonchev–Trinajstić information content (AvgIpc) is 3.04. The molecule has 0 aliphatic rings. The second kappa shape index (κ2) is 8.28. The van der Waals surface area contributed by atoms with E-state index in [0.29, 0.717) is 12.1 Å². The summed E-state index contributed by atoms with van der Waals surface area (Å²) in [5, 5.41) is 4.63. The summed E-state index contributed by atoms with van der Waals surface area (Å²) < 4.78 is 34.5. The number of amides is 1. The molecule has 0 aliphatic carbocycles. The summed E-state index contributed by atoms with van der Waals surface area (Å²) in [5.74, 6) is -0.261. The quantitative estimate of drug-likeness (QED) is 0.783. The fourth-order valence-corrected chi connectivity index (χ4v) is 2.50. The Morgan fingerprint density at radius 2 is 2.17 bits per heavy atom. The minimum atomic E-state index is -2.98. The molecule has 1 heterocycles. The van der Waals surface area contributed by atoms with Crippen LogP contribution in [0.2, 0.25) is 0 Å². The molecule has 0 saturated carbocycles. The molecule has 1 amide bonds. The van der Waals surface area contributed by atoms with Gasteiger partial charge in [-0.2, -0.15) is 8.78 Å². The number of thiophene rings is 1. The number of nitrogens with one attached hydrogen (secondary N) is 1. The highest BCUT2D eigenvalue weighted by Crippen LogP contribution is 2.33. The van der Waals surface area contributed by atoms with Crippen molar-refractivity contribution in [1.29, 1.82) is 0 Å². The normalized spacial score (nSPS) is 11.0. The van der Waals surface area contributed by atoms with Gasteiger partial charge in [0.25, 0.3) is 0 Å². The lowest BCUT2D eigenvalue weighted by atomic mass is 10.1. The Labute approximate surface area is 136 Å². The van der Waals surface area contributed by atoms with Crippen LogP contribution in [0, 0.1) is 0 Å². The standard InChI is InChI=1S/C16H15F2NO3S/c1-21-13-6-2-4-11(15(13)22-16(17)18)7-8-14(20)19-10-12-5-3-9-23-12/h2-9,16H,10H2,1H3,(H,19,20)/b8-7+. The topological polar surface area (TPSA) is 47.6 Å². The molecule has 0 aliphatic heterocycles. The van der Waals surface area contributed by atoms with Crippen LogP contribution in [0.4, 0.5) is 8.78 Å². The molecule has 0 fully saturated rings. The number of methoxy groups -OCH3 is 1. The van der Waals surface area contributed by atoms with Crippen molar-refractivity contribution in [1.82, 2.24) is 5.32 Å². The third-order valence-corrected chi connectivity index (χ3v) is 3.74. The maximum Gasteiger partial charge on any atom is 0.387 e. The molecule has 0 atom stereocenters. The van der Waals surface area contributed by atoms with Crippen LogP contribution >= 0.6 is 11.3 Å². The first kappa shape index (κ1) is 17.0. The van der Waals surface area contributed by atoms with Crippen LogP contribution in [0.25, 0.3) is 6.08 Å². The second-order valence-corrected chi connectivity index (χ2v) is 5.42. The molecule has 0 spiro atoms. The molecule has 2 rings (SSSR count). The molecule has 4 nitrogen and oxygen atoms in total. The van der Waals surface area contributed by atoms with E-state index in [1.165, 1.54) is 36.7 Å². The summed E-state index contributed by atoms with van der Waals surface area (Å²) in [4.78, 5) is 12.8. The molecule has 1 N–H and O–H groups in total. The van der Waals surface area contributed by atoms with Gasteiger partial charge in [-0.3, -0.25) is 4.79 Å². The molecular formula is C16H15F2NO3S. The van der Waals surface area contributed by atoms with Crippen molar-refractivity contribution >= 4 is 23.3 Å². The third kappa shape index (κ3) is 5.07. The van der Waals surface area contributed by atoms with Crippen molar-refractivity contribution in [3.63, 3.8) is 0 Å². The van der Waals surface area contributed by atoms with Crippen LogP contribution in [0.15, 0.2) is 41.8 Å². The average molecular weight is 339 g/mol. The largest absolute Gasteiger partial charge is 0.493 e. The van der Waals surface area contributed by atoms with E-state index in [4.69, 9.17) is 4.74 Å². The predicted octanol–water partition coefficient (Wildman–Crippen LogP) is 3.69. The van der Waals surface area contributed by atoms with E-state index in [2.05, 4.69) is 10.1 Å². The number of hydrogen-bond acceptors (Lipinski definition) is 4. The first-order valence-corrected chi connectivity index (χ1v) is 7.58. The maximum atomic E-state index is 12.5. The van der Waals surface area contributed by atoms with E-state index in [1.807, 2.05) is 17.5 Å². The number of carbonyl (C=O) groups excluding carboxylic acids is 1. The Hall–Kier alpha value is -2.41. The highest BCUT2D eigenvalue weighted by Gasteiger charge is 2.13. The molecule has 122 valence electrons. The van der Waals surface area contributed by atoms with Crippen LogP contribution in [-0.2, 0) is 11.3 Å². The van der Waals surface area contributed by atoms with E-state index in [1.54, 1.807) is 12.1 Å². The van der Waals surface area contributed by atoms with Crippen LogP contribution in [0.1, 0.15) is 10.4 Å². The van der Waals surface area contributed by atoms with Crippen molar-refractivity contribution < 1.29 is 23.0 Å². The first-order valence-electron chi connectivity index (χ1n) is 6.70. The lowest BCUT2D eigenvalue weighted by molar-refractivity contribution is -0.116. The maximum absolute atomic E-state index is 12.5.